The van der Waals surface area contributed by atoms with Gasteiger partial charge in [0.1, 0.15) is 0 Å². The quantitative estimate of drug-likeness (QED) is 0.427. The van der Waals surface area contributed by atoms with E-state index < -0.39 is 26.7 Å². The fourth-order valence-electron chi connectivity index (χ4n) is 0.291. The van der Waals surface area contributed by atoms with E-state index in [1.807, 2.05) is 0 Å². The molecule has 0 aliphatic heterocycles. The van der Waals surface area contributed by atoms with Crippen LogP contribution in [0, 0.1) is 4.58 Å². The van der Waals surface area contributed by atoms with Crippen molar-refractivity contribution in [3.8, 4) is 0 Å². The molecule has 0 saturated carbocycles. The lowest BCUT2D eigenvalue weighted by atomic mass is 10.6. The number of hydrogen-bond donors (Lipinski definition) is 0. The van der Waals surface area contributed by atoms with Gasteiger partial charge in [0.15, 0.2) is 0 Å². The summed E-state index contributed by atoms with van der Waals surface area (Å²) in [6.45, 7) is 1.46. The summed E-state index contributed by atoms with van der Waals surface area (Å²) in [5.74, 6) is 0. The highest BCUT2D eigenvalue weighted by atomic mass is 32.3. The van der Waals surface area contributed by atoms with Crippen LogP contribution < -0.4 is 0 Å². The van der Waals surface area contributed by atoms with Crippen LogP contribution in [0.15, 0.2) is 0 Å². The summed E-state index contributed by atoms with van der Waals surface area (Å²) in [4.78, 5) is 0. The van der Waals surface area contributed by atoms with Crippen molar-refractivity contribution in [1.82, 2.24) is 0 Å². The highest BCUT2D eigenvalue weighted by Crippen LogP contribution is 2.11. The van der Waals surface area contributed by atoms with Crippen LogP contribution in [0.25, 0.3) is 0 Å². The Morgan fingerprint density at radius 3 is 1.67 bits per heavy atom. The van der Waals surface area contributed by atoms with Gasteiger partial charge in [0.05, 0.1) is 0 Å². The molecule has 0 aliphatic carbocycles. The predicted octanol–water partition coefficient (Wildman–Crippen LogP) is -0.356. The molecule has 0 N–H and O–H groups in total. The van der Waals surface area contributed by atoms with E-state index in [0.717, 1.165) is 0 Å². The lowest BCUT2D eigenvalue weighted by molar-refractivity contribution is 0.524. The van der Waals surface area contributed by atoms with Crippen LogP contribution >= 0.6 is 0 Å². The van der Waals surface area contributed by atoms with Crippen molar-refractivity contribution in [2.24, 2.45) is 0 Å². The highest BCUT2D eigenvalue weighted by molar-refractivity contribution is 8.01. The topological polar surface area (TPSA) is 80.3 Å². The van der Waals surface area contributed by atoms with Crippen molar-refractivity contribution in [1.29, 1.82) is 0 Å². The molecule has 0 aromatic rings. The molecule has 4 nitrogen and oxygen atoms in total. The monoisotopic (exact) mass is 169 g/mol. The first-order chi connectivity index (χ1) is 4.09. The zero-order valence-corrected chi connectivity index (χ0v) is 6.29. The molecule has 0 fully saturated rings. The smallest absolute Gasteiger partial charge is 0.0909 e. The van der Waals surface area contributed by atoms with Crippen LogP contribution in [0.1, 0.15) is 13.3 Å². The van der Waals surface area contributed by atoms with E-state index >= 15 is 0 Å². The van der Waals surface area contributed by atoms with Crippen LogP contribution in [0.5, 0.6) is 0 Å². The molecule has 9 heavy (non-hydrogen) atoms. The summed E-state index contributed by atoms with van der Waals surface area (Å²) in [6, 6.07) is 0. The molecule has 0 saturated heterocycles. The SMILES string of the molecule is CC[C-](S(=O)[O-])S(=O)[O-]. The van der Waals surface area contributed by atoms with Crippen molar-refractivity contribution in [2.75, 3.05) is 0 Å². The molecule has 0 heterocycles. The van der Waals surface area contributed by atoms with Gasteiger partial charge in [-0.1, -0.05) is 6.92 Å². The van der Waals surface area contributed by atoms with E-state index in [1.165, 1.54) is 6.92 Å². The van der Waals surface area contributed by atoms with E-state index in [0.29, 0.717) is 0 Å². The largest absolute Gasteiger partial charge is 0.798 e. The Labute approximate surface area is 58.2 Å². The highest BCUT2D eigenvalue weighted by Gasteiger charge is 1.87. The Kier molecular flexibility index (Phi) is 4.20. The van der Waals surface area contributed by atoms with Gasteiger partial charge in [-0.05, 0) is 0 Å². The van der Waals surface area contributed by atoms with E-state index in [1.54, 1.807) is 0 Å². The molecule has 56 valence electrons. The molecule has 0 aromatic heterocycles. The van der Waals surface area contributed by atoms with Gasteiger partial charge in [-0.25, -0.2) is 22.2 Å². The van der Waals surface area contributed by atoms with Crippen molar-refractivity contribution < 1.29 is 17.5 Å². The van der Waals surface area contributed by atoms with Gasteiger partial charge in [-0.15, -0.1) is 0 Å². The van der Waals surface area contributed by atoms with E-state index in [2.05, 4.69) is 0 Å². The first kappa shape index (κ1) is 9.22. The maximum absolute atomic E-state index is 9.94. The predicted molar refractivity (Wildman–Crippen MR) is 31.4 cm³/mol. The maximum atomic E-state index is 9.94. The normalized spacial score (nSPS) is 17.8. The molecule has 2 atom stereocenters. The van der Waals surface area contributed by atoms with Gasteiger partial charge in [0.2, 0.25) is 0 Å². The molecule has 0 amide bonds. The third-order valence-corrected chi connectivity index (χ3v) is 2.80. The zero-order chi connectivity index (χ0) is 7.44. The summed E-state index contributed by atoms with van der Waals surface area (Å²) in [5, 5.41) is 0. The molecule has 6 heteroatoms. The van der Waals surface area contributed by atoms with Gasteiger partial charge in [-0.3, -0.25) is 0 Å². The van der Waals surface area contributed by atoms with Crippen LogP contribution in [0.4, 0.5) is 0 Å². The minimum Gasteiger partial charge on any atom is -0.798 e. The molecule has 0 aromatic carbocycles. The number of rotatable bonds is 3. The fraction of sp³-hybridized carbons (Fsp3) is 0.667. The van der Waals surface area contributed by atoms with Crippen LogP contribution in [-0.2, 0) is 22.2 Å². The third kappa shape index (κ3) is 3.04. The van der Waals surface area contributed by atoms with Gasteiger partial charge in [-0.2, -0.15) is 11.0 Å². The summed E-state index contributed by atoms with van der Waals surface area (Å²) >= 11 is -5.16. The average Bonchev–Trinajstić information content (AvgIpc) is 1.64. The summed E-state index contributed by atoms with van der Waals surface area (Å²) < 4.78 is 39.3. The lowest BCUT2D eigenvalue weighted by Crippen LogP contribution is -2.09. The molecule has 0 aliphatic rings. The average molecular weight is 169 g/mol. The third-order valence-electron chi connectivity index (χ3n) is 0.660. The summed E-state index contributed by atoms with van der Waals surface area (Å²) in [6.07, 6.45) is 0.0201. The molecular formula is C3H5O4S2-3. The Morgan fingerprint density at radius 2 is 1.67 bits per heavy atom. The van der Waals surface area contributed by atoms with Crippen molar-refractivity contribution in [3.05, 3.63) is 4.58 Å². The summed E-state index contributed by atoms with van der Waals surface area (Å²) in [5.41, 5.74) is 0. The minimum atomic E-state index is -2.58. The lowest BCUT2D eigenvalue weighted by Gasteiger charge is -2.34. The molecule has 0 radical (unpaired) electrons. The van der Waals surface area contributed by atoms with Crippen molar-refractivity contribution >= 4 is 22.2 Å². The van der Waals surface area contributed by atoms with Crippen LogP contribution in [0.3, 0.4) is 0 Å². The first-order valence-electron chi connectivity index (χ1n) is 2.14. The van der Waals surface area contributed by atoms with Crippen molar-refractivity contribution in [3.63, 3.8) is 0 Å². The standard InChI is InChI=1S/C3H7O4S2/c1-2-3(8(4)5)9(6)7/h2H2,1H3,(H,4,5)(H,6,7)/q-1/p-2. The van der Waals surface area contributed by atoms with Crippen LogP contribution in [-0.4, -0.2) is 17.5 Å². The molecule has 0 bridgehead atoms. The fourth-order valence-corrected chi connectivity index (χ4v) is 1.21. The zero-order valence-electron chi connectivity index (χ0n) is 4.66. The molecular weight excluding hydrogens is 164 g/mol. The van der Waals surface area contributed by atoms with E-state index in [9.17, 15) is 17.5 Å². The Bertz CT molecular complexity index is 120. The Balaban J connectivity index is 3.99. The maximum Gasteiger partial charge on any atom is -0.0909 e. The van der Waals surface area contributed by atoms with E-state index in [4.69, 9.17) is 0 Å². The van der Waals surface area contributed by atoms with Crippen LogP contribution in [0.2, 0.25) is 0 Å². The molecule has 0 spiro atoms. The van der Waals surface area contributed by atoms with Gasteiger partial charge >= 0.3 is 0 Å². The second kappa shape index (κ2) is 4.10. The minimum absolute atomic E-state index is 0.0201. The molecule has 0 rings (SSSR count). The van der Waals surface area contributed by atoms with Gasteiger partial charge < -0.3 is 17.5 Å². The van der Waals surface area contributed by atoms with Crippen molar-refractivity contribution in [2.45, 2.75) is 13.3 Å². The Morgan fingerprint density at radius 1 is 1.33 bits per heavy atom. The second-order valence-corrected chi connectivity index (χ2v) is 3.38. The first-order valence-corrected chi connectivity index (χ1v) is 4.29. The van der Waals surface area contributed by atoms with Gasteiger partial charge in [0, 0.05) is 0 Å². The van der Waals surface area contributed by atoms with E-state index in [-0.39, 0.29) is 6.42 Å². The molecule has 2 unspecified atom stereocenters. The Hall–Kier alpha value is 0.220. The summed E-state index contributed by atoms with van der Waals surface area (Å²) in [7, 11) is 0. The number of hydrogen-bond acceptors (Lipinski definition) is 4. The van der Waals surface area contributed by atoms with Gasteiger partial charge in [0.25, 0.3) is 0 Å². The second-order valence-electron chi connectivity index (χ2n) is 1.19.